The molecule has 0 fully saturated rings. The monoisotopic (exact) mass is 235 g/mol. The van der Waals surface area contributed by atoms with Gasteiger partial charge in [0, 0.05) is 18.3 Å². The topological polar surface area (TPSA) is 4.93 Å². The third kappa shape index (κ3) is 1.92. The number of para-hydroxylation sites is 1. The fourth-order valence-electron chi connectivity index (χ4n) is 2.43. The van der Waals surface area contributed by atoms with E-state index in [9.17, 15) is 0 Å². The van der Waals surface area contributed by atoms with Crippen LogP contribution in [0.1, 0.15) is 16.7 Å². The van der Waals surface area contributed by atoms with Crippen molar-refractivity contribution in [2.75, 3.05) is 0 Å². The smallest absolute Gasteiger partial charge is 0.0483 e. The summed E-state index contributed by atoms with van der Waals surface area (Å²) >= 11 is 0. The Kier molecular flexibility index (Phi) is 2.67. The molecule has 1 heteroatoms. The molecule has 0 atom stereocenters. The lowest BCUT2D eigenvalue weighted by Gasteiger charge is -2.09. The van der Waals surface area contributed by atoms with E-state index in [1.54, 1.807) is 0 Å². The van der Waals surface area contributed by atoms with Gasteiger partial charge in [-0.05, 0) is 42.5 Å². The highest BCUT2D eigenvalue weighted by Gasteiger charge is 2.03. The van der Waals surface area contributed by atoms with Crippen molar-refractivity contribution in [3.05, 3.63) is 71.4 Å². The Morgan fingerprint density at radius 1 is 0.944 bits per heavy atom. The van der Waals surface area contributed by atoms with Gasteiger partial charge in [0.2, 0.25) is 0 Å². The van der Waals surface area contributed by atoms with E-state index in [2.05, 4.69) is 73.1 Å². The Morgan fingerprint density at radius 2 is 1.78 bits per heavy atom. The Morgan fingerprint density at radius 3 is 2.67 bits per heavy atom. The summed E-state index contributed by atoms with van der Waals surface area (Å²) in [7, 11) is 0. The highest BCUT2D eigenvalue weighted by molar-refractivity contribution is 5.80. The lowest BCUT2D eigenvalue weighted by molar-refractivity contribution is 0.829. The summed E-state index contributed by atoms with van der Waals surface area (Å²) in [5.74, 6) is 0. The number of fused-ring (bicyclic) bond motifs is 1. The molecule has 1 aromatic heterocycles. The first-order chi connectivity index (χ1) is 8.74. The first kappa shape index (κ1) is 11.1. The molecule has 18 heavy (non-hydrogen) atoms. The van der Waals surface area contributed by atoms with Gasteiger partial charge in [0.15, 0.2) is 0 Å². The molecule has 0 radical (unpaired) electrons. The first-order valence-corrected chi connectivity index (χ1v) is 6.34. The predicted octanol–water partition coefficient (Wildman–Crippen LogP) is 4.31. The van der Waals surface area contributed by atoms with E-state index in [4.69, 9.17) is 0 Å². The van der Waals surface area contributed by atoms with Crippen LogP contribution in [0.4, 0.5) is 0 Å². The molecule has 3 rings (SSSR count). The summed E-state index contributed by atoms with van der Waals surface area (Å²) in [5.41, 5.74) is 5.39. The van der Waals surface area contributed by atoms with Crippen LogP contribution in [0.15, 0.2) is 54.7 Å². The van der Waals surface area contributed by atoms with Crippen molar-refractivity contribution in [3.8, 4) is 0 Å². The van der Waals surface area contributed by atoms with Crippen molar-refractivity contribution in [2.24, 2.45) is 0 Å². The number of hydrogen-bond donors (Lipinski definition) is 0. The van der Waals surface area contributed by atoms with Gasteiger partial charge in [-0.15, -0.1) is 0 Å². The molecule has 1 nitrogen and oxygen atoms in total. The van der Waals surface area contributed by atoms with Gasteiger partial charge < -0.3 is 4.57 Å². The van der Waals surface area contributed by atoms with Gasteiger partial charge in [-0.25, -0.2) is 0 Å². The van der Waals surface area contributed by atoms with E-state index >= 15 is 0 Å². The number of benzene rings is 2. The van der Waals surface area contributed by atoms with E-state index in [0.29, 0.717) is 0 Å². The first-order valence-electron chi connectivity index (χ1n) is 6.34. The zero-order chi connectivity index (χ0) is 12.5. The summed E-state index contributed by atoms with van der Waals surface area (Å²) in [6, 6.07) is 17.4. The third-order valence-corrected chi connectivity index (χ3v) is 3.53. The quantitative estimate of drug-likeness (QED) is 0.624. The number of nitrogens with zero attached hydrogens (tertiary/aromatic N) is 1. The van der Waals surface area contributed by atoms with Gasteiger partial charge in [-0.1, -0.05) is 42.0 Å². The fraction of sp³-hybridized carbons (Fsp3) is 0.176. The molecule has 90 valence electrons. The van der Waals surface area contributed by atoms with E-state index in [-0.39, 0.29) is 0 Å². The molecule has 0 aliphatic heterocycles. The molecule has 3 aromatic rings. The Hall–Kier alpha value is -2.02. The van der Waals surface area contributed by atoms with Crippen LogP contribution in [0.3, 0.4) is 0 Å². The molecule has 0 aliphatic carbocycles. The molecule has 2 aromatic carbocycles. The minimum absolute atomic E-state index is 0.945. The minimum Gasteiger partial charge on any atom is -0.343 e. The second-order valence-corrected chi connectivity index (χ2v) is 4.93. The SMILES string of the molecule is Cc1ccc(C)c(Cn2ccc3ccccc32)c1. The highest BCUT2D eigenvalue weighted by Crippen LogP contribution is 2.18. The van der Waals surface area contributed by atoms with Crippen molar-refractivity contribution in [1.29, 1.82) is 0 Å². The summed E-state index contributed by atoms with van der Waals surface area (Å²) in [6.45, 7) is 5.28. The lowest BCUT2D eigenvalue weighted by Crippen LogP contribution is -2.00. The number of hydrogen-bond acceptors (Lipinski definition) is 0. The normalized spacial score (nSPS) is 11.0. The largest absolute Gasteiger partial charge is 0.343 e. The molecule has 0 saturated heterocycles. The van der Waals surface area contributed by atoms with Crippen molar-refractivity contribution in [3.63, 3.8) is 0 Å². The van der Waals surface area contributed by atoms with Crippen LogP contribution >= 0.6 is 0 Å². The average Bonchev–Trinajstić information content (AvgIpc) is 2.78. The fourth-order valence-corrected chi connectivity index (χ4v) is 2.43. The van der Waals surface area contributed by atoms with Crippen LogP contribution in [-0.4, -0.2) is 4.57 Å². The predicted molar refractivity (Wildman–Crippen MR) is 77.0 cm³/mol. The van der Waals surface area contributed by atoms with Gasteiger partial charge in [0.25, 0.3) is 0 Å². The molecular weight excluding hydrogens is 218 g/mol. The van der Waals surface area contributed by atoms with Gasteiger partial charge in [0.1, 0.15) is 0 Å². The van der Waals surface area contributed by atoms with Crippen molar-refractivity contribution in [1.82, 2.24) is 4.57 Å². The molecule has 0 unspecified atom stereocenters. The maximum Gasteiger partial charge on any atom is 0.0483 e. The number of aryl methyl sites for hydroxylation is 2. The molecule has 0 bridgehead atoms. The molecule has 0 N–H and O–H groups in total. The van der Waals surface area contributed by atoms with Gasteiger partial charge in [-0.3, -0.25) is 0 Å². The van der Waals surface area contributed by atoms with Crippen LogP contribution < -0.4 is 0 Å². The second kappa shape index (κ2) is 4.34. The summed E-state index contributed by atoms with van der Waals surface area (Å²) < 4.78 is 2.32. The van der Waals surface area contributed by atoms with Crippen LogP contribution in [0.2, 0.25) is 0 Å². The molecule has 0 saturated carbocycles. The van der Waals surface area contributed by atoms with E-state index in [1.807, 2.05) is 0 Å². The van der Waals surface area contributed by atoms with Gasteiger partial charge in [-0.2, -0.15) is 0 Å². The third-order valence-electron chi connectivity index (χ3n) is 3.53. The molecule has 1 heterocycles. The maximum atomic E-state index is 2.32. The minimum atomic E-state index is 0.945. The van der Waals surface area contributed by atoms with E-state index in [0.717, 1.165) is 6.54 Å². The van der Waals surface area contributed by atoms with Crippen molar-refractivity contribution in [2.45, 2.75) is 20.4 Å². The van der Waals surface area contributed by atoms with Gasteiger partial charge >= 0.3 is 0 Å². The number of rotatable bonds is 2. The van der Waals surface area contributed by atoms with Crippen molar-refractivity contribution < 1.29 is 0 Å². The Bertz CT molecular complexity index is 692. The van der Waals surface area contributed by atoms with Crippen molar-refractivity contribution >= 4 is 10.9 Å². The van der Waals surface area contributed by atoms with Gasteiger partial charge in [0.05, 0.1) is 0 Å². The van der Waals surface area contributed by atoms with Crippen LogP contribution in [0.5, 0.6) is 0 Å². The zero-order valence-corrected chi connectivity index (χ0v) is 10.9. The van der Waals surface area contributed by atoms with E-state index in [1.165, 1.54) is 27.6 Å². The zero-order valence-electron chi connectivity index (χ0n) is 10.9. The maximum absolute atomic E-state index is 2.32. The molecular formula is C17H17N. The Balaban J connectivity index is 2.04. The van der Waals surface area contributed by atoms with E-state index < -0.39 is 0 Å². The molecule has 0 aliphatic rings. The van der Waals surface area contributed by atoms with Crippen LogP contribution in [0.25, 0.3) is 10.9 Å². The molecule has 0 spiro atoms. The van der Waals surface area contributed by atoms with Crippen LogP contribution in [-0.2, 0) is 6.54 Å². The summed E-state index contributed by atoms with van der Waals surface area (Å²) in [6.07, 6.45) is 2.17. The summed E-state index contributed by atoms with van der Waals surface area (Å²) in [5, 5.41) is 1.31. The molecule has 0 amide bonds. The summed E-state index contributed by atoms with van der Waals surface area (Å²) in [4.78, 5) is 0. The standard InChI is InChI=1S/C17H17N/c1-13-7-8-14(2)16(11-13)12-18-10-9-15-5-3-4-6-17(15)18/h3-11H,12H2,1-2H3. The lowest BCUT2D eigenvalue weighted by atomic mass is 10.1. The number of aromatic nitrogens is 1. The second-order valence-electron chi connectivity index (χ2n) is 4.93. The average molecular weight is 235 g/mol. The van der Waals surface area contributed by atoms with Crippen LogP contribution in [0, 0.1) is 13.8 Å². The Labute approximate surface area is 108 Å². The highest BCUT2D eigenvalue weighted by atomic mass is 14.9.